The summed E-state index contributed by atoms with van der Waals surface area (Å²) < 4.78 is 0. The highest BCUT2D eigenvalue weighted by Gasteiger charge is 2.20. The average Bonchev–Trinajstić information content (AvgIpc) is 2.75. The van der Waals surface area contributed by atoms with E-state index in [2.05, 4.69) is 43.2 Å². The minimum Gasteiger partial charge on any atom is -0.480 e. The van der Waals surface area contributed by atoms with Crippen molar-refractivity contribution in [3.8, 4) is 0 Å². The van der Waals surface area contributed by atoms with E-state index in [9.17, 15) is 19.2 Å². The summed E-state index contributed by atoms with van der Waals surface area (Å²) in [4.78, 5) is 61.4. The first kappa shape index (κ1) is 22.7. The Morgan fingerprint density at radius 3 is 2.56 bits per heavy atom. The van der Waals surface area contributed by atoms with Gasteiger partial charge < -0.3 is 21.5 Å². The first-order chi connectivity index (χ1) is 15.3. The molecule has 6 N–H and O–H groups in total. The zero-order valence-electron chi connectivity index (χ0n) is 16.5. The SMILES string of the molecule is Nc1nc2nc(CNc3ccc(C(=O)CC(=O)NC(CS)C(=O)O)cc3)cnc2c(=O)[nH]1. The molecule has 0 aliphatic rings. The number of nitrogens with two attached hydrogens (primary N) is 1. The Labute approximate surface area is 186 Å². The predicted molar refractivity (Wildman–Crippen MR) is 119 cm³/mol. The number of amides is 1. The lowest BCUT2D eigenvalue weighted by Crippen LogP contribution is -2.42. The van der Waals surface area contributed by atoms with Crippen LogP contribution in [0.5, 0.6) is 0 Å². The largest absolute Gasteiger partial charge is 0.480 e. The minimum atomic E-state index is -1.22. The molecule has 2 aromatic heterocycles. The van der Waals surface area contributed by atoms with E-state index in [-0.39, 0.29) is 29.4 Å². The van der Waals surface area contributed by atoms with Crippen LogP contribution in [0.3, 0.4) is 0 Å². The van der Waals surface area contributed by atoms with E-state index in [4.69, 9.17) is 10.8 Å². The number of carboxylic acids is 1. The Morgan fingerprint density at radius 2 is 1.91 bits per heavy atom. The van der Waals surface area contributed by atoms with Gasteiger partial charge in [0.25, 0.3) is 5.56 Å². The zero-order chi connectivity index (χ0) is 23.3. The molecule has 0 radical (unpaired) electrons. The molecule has 3 aromatic rings. The highest BCUT2D eigenvalue weighted by molar-refractivity contribution is 7.80. The Bertz CT molecular complexity index is 1230. The lowest BCUT2D eigenvalue weighted by molar-refractivity contribution is -0.141. The number of ketones is 1. The van der Waals surface area contributed by atoms with Crippen LogP contribution in [0.25, 0.3) is 11.2 Å². The fourth-order valence-electron chi connectivity index (χ4n) is 2.70. The third-order valence-corrected chi connectivity index (χ3v) is 4.67. The number of benzene rings is 1. The van der Waals surface area contributed by atoms with Crippen molar-refractivity contribution >= 4 is 53.1 Å². The number of thiol groups is 1. The summed E-state index contributed by atoms with van der Waals surface area (Å²) in [5.41, 5.74) is 6.75. The van der Waals surface area contributed by atoms with Gasteiger partial charge in [-0.15, -0.1) is 0 Å². The van der Waals surface area contributed by atoms with Gasteiger partial charge in [-0.2, -0.15) is 17.6 Å². The number of carbonyl (C=O) groups excluding carboxylic acids is 2. The third kappa shape index (κ3) is 5.57. The topological polar surface area (TPSA) is 193 Å². The second-order valence-corrected chi connectivity index (χ2v) is 7.02. The molecule has 12 nitrogen and oxygen atoms in total. The molecular formula is C19H19N7O5S. The number of hydrogen-bond donors (Lipinski definition) is 6. The predicted octanol–water partition coefficient (Wildman–Crippen LogP) is -0.0206. The fourth-order valence-corrected chi connectivity index (χ4v) is 2.95. The lowest BCUT2D eigenvalue weighted by Gasteiger charge is -2.11. The van der Waals surface area contributed by atoms with E-state index in [0.29, 0.717) is 16.9 Å². The molecule has 166 valence electrons. The van der Waals surface area contributed by atoms with Gasteiger partial charge in [0.15, 0.2) is 16.9 Å². The maximum atomic E-state index is 12.3. The summed E-state index contributed by atoms with van der Waals surface area (Å²) in [7, 11) is 0. The standard InChI is InChI=1S/C19H19N7O5S/c20-19-25-16-15(17(29)26-19)22-7-11(23-16)6-21-10-3-1-9(2-4-10)13(27)5-14(28)24-12(8-32)18(30)31/h1-4,7,12,21,32H,5-6,8H2,(H,24,28)(H,30,31)(H3,20,23,25,26,29). The molecule has 0 bridgehead atoms. The van der Waals surface area contributed by atoms with Crippen LogP contribution in [0.2, 0.25) is 0 Å². The molecule has 0 saturated carbocycles. The summed E-state index contributed by atoms with van der Waals surface area (Å²) in [6.07, 6.45) is 0.959. The Hall–Kier alpha value is -4.00. The Morgan fingerprint density at radius 1 is 1.19 bits per heavy atom. The van der Waals surface area contributed by atoms with E-state index in [1.165, 1.54) is 6.20 Å². The lowest BCUT2D eigenvalue weighted by atomic mass is 10.1. The molecule has 1 amide bonds. The third-order valence-electron chi connectivity index (χ3n) is 4.30. The molecule has 0 aliphatic carbocycles. The molecule has 1 atom stereocenters. The number of aromatic nitrogens is 4. The Balaban J connectivity index is 1.59. The number of H-pyrrole nitrogens is 1. The molecule has 13 heteroatoms. The van der Waals surface area contributed by atoms with Gasteiger partial charge in [0.1, 0.15) is 6.04 Å². The number of anilines is 2. The van der Waals surface area contributed by atoms with Gasteiger partial charge in [0.2, 0.25) is 11.9 Å². The molecule has 0 saturated heterocycles. The maximum absolute atomic E-state index is 12.3. The maximum Gasteiger partial charge on any atom is 0.327 e. The van der Waals surface area contributed by atoms with Gasteiger partial charge >= 0.3 is 5.97 Å². The van der Waals surface area contributed by atoms with Crippen LogP contribution in [0.15, 0.2) is 35.3 Å². The molecule has 3 rings (SSSR count). The molecule has 0 aliphatic heterocycles. The van der Waals surface area contributed by atoms with Crippen molar-refractivity contribution in [1.29, 1.82) is 0 Å². The monoisotopic (exact) mass is 457 g/mol. The molecule has 0 fully saturated rings. The number of rotatable bonds is 9. The number of nitrogens with one attached hydrogen (secondary N) is 3. The number of nitrogens with zero attached hydrogens (tertiary/aromatic N) is 3. The number of carboxylic acid groups (broad SMARTS) is 1. The molecular weight excluding hydrogens is 438 g/mol. The number of nitrogen functional groups attached to an aromatic ring is 1. The van der Waals surface area contributed by atoms with E-state index in [1.807, 2.05) is 0 Å². The summed E-state index contributed by atoms with van der Waals surface area (Å²) in [5, 5.41) is 14.3. The van der Waals surface area contributed by atoms with Crippen LogP contribution in [0.1, 0.15) is 22.5 Å². The summed E-state index contributed by atoms with van der Waals surface area (Å²) in [5.74, 6) is -2.51. The second-order valence-electron chi connectivity index (χ2n) is 6.66. The van der Waals surface area contributed by atoms with Crippen molar-refractivity contribution in [2.75, 3.05) is 16.8 Å². The van der Waals surface area contributed by atoms with Crippen LogP contribution in [0.4, 0.5) is 11.6 Å². The van der Waals surface area contributed by atoms with Crippen LogP contribution in [-0.2, 0) is 16.1 Å². The molecule has 2 heterocycles. The first-order valence-electron chi connectivity index (χ1n) is 9.28. The van der Waals surface area contributed by atoms with Crippen molar-refractivity contribution in [1.82, 2.24) is 25.3 Å². The minimum absolute atomic E-state index is 0.0556. The van der Waals surface area contributed by atoms with Gasteiger partial charge in [-0.05, 0) is 24.3 Å². The van der Waals surface area contributed by atoms with Crippen LogP contribution in [-0.4, -0.2) is 54.5 Å². The average molecular weight is 457 g/mol. The van der Waals surface area contributed by atoms with Crippen molar-refractivity contribution in [2.45, 2.75) is 19.0 Å². The molecule has 1 unspecified atom stereocenters. The highest BCUT2D eigenvalue weighted by atomic mass is 32.1. The number of carbonyl (C=O) groups is 3. The number of fused-ring (bicyclic) bond motifs is 1. The van der Waals surface area contributed by atoms with Crippen LogP contribution in [0, 0.1) is 0 Å². The van der Waals surface area contributed by atoms with Crippen LogP contribution >= 0.6 is 12.6 Å². The highest BCUT2D eigenvalue weighted by Crippen LogP contribution is 2.13. The number of aromatic amines is 1. The molecule has 0 spiro atoms. The van der Waals surface area contributed by atoms with Gasteiger partial charge in [-0.25, -0.2) is 14.8 Å². The number of Topliss-reactive ketones (excluding diaryl/α,β-unsaturated/α-hetero) is 1. The number of aliphatic carboxylic acids is 1. The summed E-state index contributed by atoms with van der Waals surface area (Å²) >= 11 is 3.85. The normalized spacial score (nSPS) is 11.7. The second kappa shape index (κ2) is 9.87. The molecule has 1 aromatic carbocycles. The fraction of sp³-hybridized carbons (Fsp3) is 0.211. The number of hydrogen-bond acceptors (Lipinski definition) is 10. The molecule has 32 heavy (non-hydrogen) atoms. The van der Waals surface area contributed by atoms with E-state index < -0.39 is 35.7 Å². The first-order valence-corrected chi connectivity index (χ1v) is 9.91. The van der Waals surface area contributed by atoms with E-state index in [0.717, 1.165) is 0 Å². The zero-order valence-corrected chi connectivity index (χ0v) is 17.4. The quantitative estimate of drug-likeness (QED) is 0.144. The summed E-state index contributed by atoms with van der Waals surface area (Å²) in [6, 6.07) is 5.22. The van der Waals surface area contributed by atoms with E-state index in [1.54, 1.807) is 24.3 Å². The van der Waals surface area contributed by atoms with Gasteiger partial charge in [-0.1, -0.05) is 0 Å². The van der Waals surface area contributed by atoms with E-state index >= 15 is 0 Å². The van der Waals surface area contributed by atoms with Crippen molar-refractivity contribution < 1.29 is 19.5 Å². The van der Waals surface area contributed by atoms with Crippen LogP contribution < -0.4 is 21.9 Å². The van der Waals surface area contributed by atoms with Crippen molar-refractivity contribution in [3.63, 3.8) is 0 Å². The van der Waals surface area contributed by atoms with Crippen molar-refractivity contribution in [2.24, 2.45) is 0 Å². The Kier molecular flexibility index (Phi) is 7.00. The van der Waals surface area contributed by atoms with Gasteiger partial charge in [0.05, 0.1) is 24.9 Å². The van der Waals surface area contributed by atoms with Gasteiger partial charge in [0, 0.05) is 17.0 Å². The summed E-state index contributed by atoms with van der Waals surface area (Å²) in [6.45, 7) is 0.271. The smallest absolute Gasteiger partial charge is 0.327 e. The van der Waals surface area contributed by atoms with Gasteiger partial charge in [-0.3, -0.25) is 19.4 Å². The van der Waals surface area contributed by atoms with Crippen molar-refractivity contribution in [3.05, 3.63) is 52.1 Å².